The third-order valence-electron chi connectivity index (χ3n) is 2.89. The minimum Gasteiger partial charge on any atom is -0.477 e. The van der Waals surface area contributed by atoms with Crippen molar-refractivity contribution in [1.29, 1.82) is 0 Å². The maximum Gasteiger partial charge on any atom is 0.346 e. The van der Waals surface area contributed by atoms with Gasteiger partial charge in [0.25, 0.3) is 5.56 Å². The summed E-state index contributed by atoms with van der Waals surface area (Å²) in [4.78, 5) is 28.2. The van der Waals surface area contributed by atoms with Gasteiger partial charge in [0.05, 0.1) is 31.0 Å². The lowest BCUT2D eigenvalue weighted by molar-refractivity contribution is 0.0700. The van der Waals surface area contributed by atoms with Gasteiger partial charge in [0.2, 0.25) is 0 Å². The van der Waals surface area contributed by atoms with Crippen molar-refractivity contribution in [3.05, 3.63) is 27.1 Å². The smallest absolute Gasteiger partial charge is 0.346 e. The van der Waals surface area contributed by atoms with Crippen LogP contribution in [-0.4, -0.2) is 33.3 Å². The van der Waals surface area contributed by atoms with Crippen molar-refractivity contribution in [3.63, 3.8) is 0 Å². The number of hydrogen-bond donors (Lipinski definition) is 1. The predicted octanol–water partition coefficient (Wildman–Crippen LogP) is 1.89. The van der Waals surface area contributed by atoms with Crippen molar-refractivity contribution in [2.75, 3.05) is 6.61 Å². The van der Waals surface area contributed by atoms with Crippen LogP contribution in [0.4, 0.5) is 0 Å². The molecule has 0 aliphatic heterocycles. The minimum absolute atomic E-state index is 0.101. The van der Waals surface area contributed by atoms with Gasteiger partial charge in [-0.15, -0.1) is 11.3 Å². The van der Waals surface area contributed by atoms with Gasteiger partial charge >= 0.3 is 5.97 Å². The SMILES string of the molecule is Cc1c(C(=O)O)sc2ncn(CCOC(C)C)c(=O)c12. The van der Waals surface area contributed by atoms with E-state index < -0.39 is 5.97 Å². The Kier molecular flexibility index (Phi) is 4.20. The van der Waals surface area contributed by atoms with Gasteiger partial charge in [0.1, 0.15) is 9.71 Å². The van der Waals surface area contributed by atoms with E-state index in [2.05, 4.69) is 4.98 Å². The molecule has 0 spiro atoms. The van der Waals surface area contributed by atoms with Crippen LogP contribution < -0.4 is 5.56 Å². The summed E-state index contributed by atoms with van der Waals surface area (Å²) in [6, 6.07) is 0. The quantitative estimate of drug-likeness (QED) is 0.911. The summed E-state index contributed by atoms with van der Waals surface area (Å²) in [5.41, 5.74) is 0.262. The molecule has 0 saturated heterocycles. The number of ether oxygens (including phenoxy) is 1. The monoisotopic (exact) mass is 296 g/mol. The summed E-state index contributed by atoms with van der Waals surface area (Å²) < 4.78 is 6.86. The van der Waals surface area contributed by atoms with E-state index in [9.17, 15) is 9.59 Å². The van der Waals surface area contributed by atoms with Crippen molar-refractivity contribution >= 4 is 27.5 Å². The number of carboxylic acid groups (broad SMARTS) is 1. The largest absolute Gasteiger partial charge is 0.477 e. The number of carbonyl (C=O) groups is 1. The molecule has 0 aromatic carbocycles. The number of fused-ring (bicyclic) bond motifs is 1. The maximum atomic E-state index is 12.3. The highest BCUT2D eigenvalue weighted by Crippen LogP contribution is 2.26. The molecule has 6 nitrogen and oxygen atoms in total. The molecule has 2 heterocycles. The molecule has 7 heteroatoms. The maximum absolute atomic E-state index is 12.3. The minimum atomic E-state index is -1.03. The normalized spacial score (nSPS) is 11.4. The zero-order valence-electron chi connectivity index (χ0n) is 11.5. The Morgan fingerprint density at radius 3 is 2.85 bits per heavy atom. The summed E-state index contributed by atoms with van der Waals surface area (Å²) in [6.45, 7) is 6.30. The standard InChI is InChI=1S/C13H16N2O4S/c1-7(2)19-5-4-15-6-14-11-9(12(15)16)8(3)10(20-11)13(17)18/h6-7H,4-5H2,1-3H3,(H,17,18). The average Bonchev–Trinajstić information content (AvgIpc) is 2.70. The molecule has 0 saturated carbocycles. The molecule has 2 rings (SSSR count). The van der Waals surface area contributed by atoms with Crippen molar-refractivity contribution in [1.82, 2.24) is 9.55 Å². The Morgan fingerprint density at radius 2 is 2.25 bits per heavy atom. The number of nitrogens with zero attached hydrogens (tertiary/aromatic N) is 2. The molecule has 0 bridgehead atoms. The van der Waals surface area contributed by atoms with Crippen LogP contribution in [0, 0.1) is 6.92 Å². The van der Waals surface area contributed by atoms with Crippen LogP contribution in [0.25, 0.3) is 10.2 Å². The van der Waals surface area contributed by atoms with Crippen LogP contribution in [-0.2, 0) is 11.3 Å². The summed E-state index contributed by atoms with van der Waals surface area (Å²) in [6.07, 6.45) is 1.54. The van der Waals surface area contributed by atoms with Gasteiger partial charge in [-0.1, -0.05) is 0 Å². The highest BCUT2D eigenvalue weighted by atomic mass is 32.1. The first-order chi connectivity index (χ1) is 9.41. The number of aryl methyl sites for hydroxylation is 1. The lowest BCUT2D eigenvalue weighted by Crippen LogP contribution is -2.23. The molecule has 0 aliphatic rings. The van der Waals surface area contributed by atoms with Crippen molar-refractivity contribution < 1.29 is 14.6 Å². The fourth-order valence-corrected chi connectivity index (χ4v) is 2.89. The Hall–Kier alpha value is -1.73. The fourth-order valence-electron chi connectivity index (χ4n) is 1.91. The number of carboxylic acids is 1. The third kappa shape index (κ3) is 2.73. The summed E-state index contributed by atoms with van der Waals surface area (Å²) >= 11 is 1.03. The highest BCUT2D eigenvalue weighted by molar-refractivity contribution is 7.20. The second-order valence-electron chi connectivity index (χ2n) is 4.70. The molecule has 0 radical (unpaired) electrons. The Morgan fingerprint density at radius 1 is 1.55 bits per heavy atom. The first kappa shape index (κ1) is 14.7. The molecular weight excluding hydrogens is 280 g/mol. The third-order valence-corrected chi connectivity index (χ3v) is 4.08. The molecule has 2 aromatic heterocycles. The topological polar surface area (TPSA) is 81.4 Å². The van der Waals surface area contributed by atoms with E-state index in [0.717, 1.165) is 11.3 Å². The van der Waals surface area contributed by atoms with Crippen molar-refractivity contribution in [2.24, 2.45) is 0 Å². The van der Waals surface area contributed by atoms with Gasteiger partial charge < -0.3 is 9.84 Å². The van der Waals surface area contributed by atoms with Crippen LogP contribution >= 0.6 is 11.3 Å². The molecule has 1 N–H and O–H groups in total. The van der Waals surface area contributed by atoms with Gasteiger partial charge in [-0.25, -0.2) is 9.78 Å². The second-order valence-corrected chi connectivity index (χ2v) is 5.70. The van der Waals surface area contributed by atoms with Crippen LogP contribution in [0.5, 0.6) is 0 Å². The van der Waals surface area contributed by atoms with Gasteiger partial charge in [-0.2, -0.15) is 0 Å². The molecule has 0 amide bonds. The van der Waals surface area contributed by atoms with E-state index in [1.165, 1.54) is 10.9 Å². The van der Waals surface area contributed by atoms with Crippen LogP contribution in [0.1, 0.15) is 29.1 Å². The van der Waals surface area contributed by atoms with E-state index >= 15 is 0 Å². The number of hydrogen-bond acceptors (Lipinski definition) is 5. The average molecular weight is 296 g/mol. The molecule has 0 atom stereocenters. The lowest BCUT2D eigenvalue weighted by atomic mass is 10.2. The van der Waals surface area contributed by atoms with Crippen molar-refractivity contribution in [2.45, 2.75) is 33.4 Å². The highest BCUT2D eigenvalue weighted by Gasteiger charge is 2.18. The summed E-state index contributed by atoms with van der Waals surface area (Å²) in [5.74, 6) is -1.03. The molecule has 2 aromatic rings. The lowest BCUT2D eigenvalue weighted by Gasteiger charge is -2.08. The van der Waals surface area contributed by atoms with Gasteiger partial charge in [-0.05, 0) is 26.3 Å². The molecule has 20 heavy (non-hydrogen) atoms. The van der Waals surface area contributed by atoms with E-state index in [-0.39, 0.29) is 16.5 Å². The van der Waals surface area contributed by atoms with Crippen molar-refractivity contribution in [3.8, 4) is 0 Å². The number of aromatic carboxylic acids is 1. The first-order valence-corrected chi connectivity index (χ1v) is 7.07. The molecule has 0 fully saturated rings. The fraction of sp³-hybridized carbons (Fsp3) is 0.462. The van der Waals surface area contributed by atoms with E-state index in [0.29, 0.717) is 28.9 Å². The Bertz CT molecular complexity index is 702. The van der Waals surface area contributed by atoms with Gasteiger partial charge in [0, 0.05) is 0 Å². The summed E-state index contributed by atoms with van der Waals surface area (Å²) in [5, 5.41) is 9.47. The van der Waals surface area contributed by atoms with Crippen LogP contribution in [0.2, 0.25) is 0 Å². The van der Waals surface area contributed by atoms with Gasteiger partial charge in [0.15, 0.2) is 0 Å². The van der Waals surface area contributed by atoms with Crippen LogP contribution in [0.15, 0.2) is 11.1 Å². The zero-order valence-corrected chi connectivity index (χ0v) is 12.4. The Balaban J connectivity index is 2.40. The number of rotatable bonds is 5. The number of aromatic nitrogens is 2. The van der Waals surface area contributed by atoms with E-state index in [1.807, 2.05) is 13.8 Å². The molecule has 108 valence electrons. The first-order valence-electron chi connectivity index (χ1n) is 6.25. The summed E-state index contributed by atoms with van der Waals surface area (Å²) in [7, 11) is 0. The molecular formula is C13H16N2O4S. The molecule has 0 unspecified atom stereocenters. The van der Waals surface area contributed by atoms with E-state index in [1.54, 1.807) is 6.92 Å². The van der Waals surface area contributed by atoms with Crippen LogP contribution in [0.3, 0.4) is 0 Å². The predicted molar refractivity (Wildman–Crippen MR) is 76.7 cm³/mol. The zero-order chi connectivity index (χ0) is 14.9. The Labute approximate surface area is 119 Å². The van der Waals surface area contributed by atoms with E-state index in [4.69, 9.17) is 9.84 Å². The second kappa shape index (κ2) is 5.72. The molecule has 0 aliphatic carbocycles. The van der Waals surface area contributed by atoms with Gasteiger partial charge in [-0.3, -0.25) is 9.36 Å². The number of thiophene rings is 1.